The summed E-state index contributed by atoms with van der Waals surface area (Å²) in [7, 11) is 0. The van der Waals surface area contributed by atoms with Crippen molar-refractivity contribution >= 4 is 17.3 Å². The Labute approximate surface area is 101 Å². The van der Waals surface area contributed by atoms with Crippen molar-refractivity contribution in [2.45, 2.75) is 40.5 Å². The van der Waals surface area contributed by atoms with E-state index in [4.69, 9.17) is 4.74 Å². The molecule has 0 N–H and O–H groups in total. The van der Waals surface area contributed by atoms with Gasteiger partial charge in [-0.15, -0.1) is 11.3 Å². The lowest BCUT2D eigenvalue weighted by Gasteiger charge is -2.11. The molecule has 0 aromatic carbocycles. The van der Waals surface area contributed by atoms with E-state index in [-0.39, 0.29) is 5.97 Å². The van der Waals surface area contributed by atoms with Gasteiger partial charge in [-0.1, -0.05) is 20.8 Å². The van der Waals surface area contributed by atoms with Crippen molar-refractivity contribution in [1.82, 2.24) is 4.98 Å². The summed E-state index contributed by atoms with van der Waals surface area (Å²) in [6, 6.07) is 0. The third-order valence-corrected chi connectivity index (χ3v) is 3.84. The molecule has 16 heavy (non-hydrogen) atoms. The molecule has 0 aliphatic heterocycles. The molecule has 0 saturated heterocycles. The van der Waals surface area contributed by atoms with Gasteiger partial charge in [-0.3, -0.25) is 0 Å². The number of carbonyl (C=O) groups excluding carboxylic acids is 1. The van der Waals surface area contributed by atoms with E-state index in [1.165, 1.54) is 0 Å². The lowest BCUT2D eigenvalue weighted by Crippen LogP contribution is -2.07. The number of esters is 1. The standard InChI is InChI=1S/C12H19NO2S/c1-6-15-12(14)10-9(5)16-11(13-10)8(4)7(2)3/h7-8H,6H2,1-5H3. The molecule has 0 aliphatic carbocycles. The SMILES string of the molecule is CCOC(=O)c1nc(C(C)C(C)C)sc1C. The molecule has 4 heteroatoms. The first-order valence-corrected chi connectivity index (χ1v) is 6.43. The van der Waals surface area contributed by atoms with Crippen LogP contribution < -0.4 is 0 Å². The van der Waals surface area contributed by atoms with Crippen molar-refractivity contribution in [2.75, 3.05) is 6.61 Å². The van der Waals surface area contributed by atoms with Gasteiger partial charge in [0, 0.05) is 10.8 Å². The number of ether oxygens (including phenoxy) is 1. The summed E-state index contributed by atoms with van der Waals surface area (Å²) in [5.41, 5.74) is 0.481. The minimum absolute atomic E-state index is 0.307. The van der Waals surface area contributed by atoms with Crippen LogP contribution in [0.4, 0.5) is 0 Å². The second kappa shape index (κ2) is 5.43. The van der Waals surface area contributed by atoms with Gasteiger partial charge >= 0.3 is 5.97 Å². The molecule has 0 spiro atoms. The fourth-order valence-electron chi connectivity index (χ4n) is 1.29. The number of aromatic nitrogens is 1. The lowest BCUT2D eigenvalue weighted by molar-refractivity contribution is 0.0519. The first kappa shape index (κ1) is 13.2. The topological polar surface area (TPSA) is 39.2 Å². The van der Waals surface area contributed by atoms with Crippen LogP contribution in [0.25, 0.3) is 0 Å². The van der Waals surface area contributed by atoms with Gasteiger partial charge in [0.15, 0.2) is 5.69 Å². The van der Waals surface area contributed by atoms with Gasteiger partial charge in [0.1, 0.15) is 0 Å². The minimum Gasteiger partial charge on any atom is -0.461 e. The summed E-state index contributed by atoms with van der Waals surface area (Å²) in [6.07, 6.45) is 0. The van der Waals surface area contributed by atoms with Gasteiger partial charge < -0.3 is 4.74 Å². The molecule has 0 radical (unpaired) electrons. The molecule has 90 valence electrons. The largest absolute Gasteiger partial charge is 0.461 e. The summed E-state index contributed by atoms with van der Waals surface area (Å²) in [5.74, 6) is 0.603. The van der Waals surface area contributed by atoms with Gasteiger partial charge in [0.05, 0.1) is 11.6 Å². The lowest BCUT2D eigenvalue weighted by atomic mass is 9.99. The summed E-state index contributed by atoms with van der Waals surface area (Å²) in [5, 5.41) is 1.02. The van der Waals surface area contributed by atoms with Crippen molar-refractivity contribution in [3.8, 4) is 0 Å². The van der Waals surface area contributed by atoms with Crippen molar-refractivity contribution < 1.29 is 9.53 Å². The van der Waals surface area contributed by atoms with Crippen LogP contribution in [0.2, 0.25) is 0 Å². The minimum atomic E-state index is -0.307. The van der Waals surface area contributed by atoms with Crippen LogP contribution in [-0.4, -0.2) is 17.6 Å². The molecule has 1 unspecified atom stereocenters. The zero-order valence-corrected chi connectivity index (χ0v) is 11.4. The third kappa shape index (κ3) is 2.82. The predicted octanol–water partition coefficient (Wildman–Crippen LogP) is 3.39. The average molecular weight is 241 g/mol. The maximum absolute atomic E-state index is 11.6. The normalized spacial score (nSPS) is 12.9. The predicted molar refractivity (Wildman–Crippen MR) is 66.1 cm³/mol. The molecule has 0 bridgehead atoms. The molecular formula is C12H19NO2S. The highest BCUT2D eigenvalue weighted by Crippen LogP contribution is 2.29. The Morgan fingerprint density at radius 1 is 1.44 bits per heavy atom. The highest BCUT2D eigenvalue weighted by Gasteiger charge is 2.20. The van der Waals surface area contributed by atoms with E-state index < -0.39 is 0 Å². The molecule has 1 rings (SSSR count). The molecule has 0 saturated carbocycles. The summed E-state index contributed by atoms with van der Waals surface area (Å²) < 4.78 is 4.97. The molecule has 1 heterocycles. The molecule has 1 aromatic rings. The van der Waals surface area contributed by atoms with E-state index in [0.717, 1.165) is 9.88 Å². The number of nitrogens with zero attached hydrogens (tertiary/aromatic N) is 1. The molecule has 1 atom stereocenters. The second-order valence-corrected chi connectivity index (χ2v) is 5.44. The highest BCUT2D eigenvalue weighted by atomic mass is 32.1. The van der Waals surface area contributed by atoms with E-state index in [1.54, 1.807) is 18.3 Å². The molecule has 1 aromatic heterocycles. The molecule has 3 nitrogen and oxygen atoms in total. The van der Waals surface area contributed by atoms with Gasteiger partial charge in [-0.25, -0.2) is 9.78 Å². The highest BCUT2D eigenvalue weighted by molar-refractivity contribution is 7.12. The molecule has 0 amide bonds. The third-order valence-electron chi connectivity index (χ3n) is 2.67. The fraction of sp³-hybridized carbons (Fsp3) is 0.667. The number of aryl methyl sites for hydroxylation is 1. The summed E-state index contributed by atoms with van der Waals surface area (Å²) in [6.45, 7) is 10.6. The van der Waals surface area contributed by atoms with E-state index >= 15 is 0 Å². The monoisotopic (exact) mass is 241 g/mol. The summed E-state index contributed by atoms with van der Waals surface area (Å²) >= 11 is 1.59. The van der Waals surface area contributed by atoms with Crippen LogP contribution in [0.15, 0.2) is 0 Å². The van der Waals surface area contributed by atoms with Crippen LogP contribution in [0, 0.1) is 12.8 Å². The Morgan fingerprint density at radius 2 is 2.06 bits per heavy atom. The molecule has 0 aliphatic rings. The van der Waals surface area contributed by atoms with Gasteiger partial charge in [0.2, 0.25) is 0 Å². The van der Waals surface area contributed by atoms with Crippen LogP contribution in [0.5, 0.6) is 0 Å². The Bertz CT molecular complexity index is 371. The quantitative estimate of drug-likeness (QED) is 0.758. The fourth-order valence-corrected chi connectivity index (χ4v) is 2.42. The van der Waals surface area contributed by atoms with Crippen molar-refractivity contribution in [1.29, 1.82) is 0 Å². The van der Waals surface area contributed by atoms with E-state index in [2.05, 4.69) is 25.8 Å². The van der Waals surface area contributed by atoms with Crippen molar-refractivity contribution in [3.05, 3.63) is 15.6 Å². The Hall–Kier alpha value is -0.900. The Morgan fingerprint density at radius 3 is 2.56 bits per heavy atom. The number of thiazole rings is 1. The van der Waals surface area contributed by atoms with Crippen LogP contribution in [0.3, 0.4) is 0 Å². The van der Waals surface area contributed by atoms with Crippen LogP contribution in [0.1, 0.15) is 54.0 Å². The maximum Gasteiger partial charge on any atom is 0.358 e. The zero-order chi connectivity index (χ0) is 12.3. The number of hydrogen-bond acceptors (Lipinski definition) is 4. The maximum atomic E-state index is 11.6. The second-order valence-electron chi connectivity index (χ2n) is 4.21. The first-order chi connectivity index (χ1) is 7.47. The zero-order valence-electron chi connectivity index (χ0n) is 10.5. The van der Waals surface area contributed by atoms with Gasteiger partial charge in [-0.2, -0.15) is 0 Å². The van der Waals surface area contributed by atoms with E-state index in [9.17, 15) is 4.79 Å². The number of carbonyl (C=O) groups is 1. The average Bonchev–Trinajstić information content (AvgIpc) is 2.59. The van der Waals surface area contributed by atoms with Gasteiger partial charge in [0.25, 0.3) is 0 Å². The molecular weight excluding hydrogens is 222 g/mol. The van der Waals surface area contributed by atoms with Crippen LogP contribution >= 0.6 is 11.3 Å². The Balaban J connectivity index is 2.93. The summed E-state index contributed by atoms with van der Waals surface area (Å²) in [4.78, 5) is 16.9. The number of rotatable bonds is 4. The van der Waals surface area contributed by atoms with E-state index in [0.29, 0.717) is 24.1 Å². The van der Waals surface area contributed by atoms with Crippen molar-refractivity contribution in [3.63, 3.8) is 0 Å². The van der Waals surface area contributed by atoms with Gasteiger partial charge in [-0.05, 0) is 19.8 Å². The molecule has 0 fully saturated rings. The van der Waals surface area contributed by atoms with E-state index in [1.807, 2.05) is 6.92 Å². The number of hydrogen-bond donors (Lipinski definition) is 0. The first-order valence-electron chi connectivity index (χ1n) is 5.61. The Kier molecular flexibility index (Phi) is 4.47. The smallest absolute Gasteiger partial charge is 0.358 e. The van der Waals surface area contributed by atoms with Crippen LogP contribution in [-0.2, 0) is 4.74 Å². The van der Waals surface area contributed by atoms with Crippen molar-refractivity contribution in [2.24, 2.45) is 5.92 Å².